The van der Waals surface area contributed by atoms with Crippen LogP contribution in [-0.4, -0.2) is 34.0 Å². The van der Waals surface area contributed by atoms with E-state index in [-0.39, 0.29) is 6.04 Å². The molecule has 1 saturated heterocycles. The average Bonchev–Trinajstić information content (AvgIpc) is 2.76. The van der Waals surface area contributed by atoms with Gasteiger partial charge in [-0.05, 0) is 36.6 Å². The van der Waals surface area contributed by atoms with E-state index in [9.17, 15) is 13.2 Å². The lowest BCUT2D eigenvalue weighted by atomic mass is 10.0. The third-order valence-corrected chi connectivity index (χ3v) is 5.33. The van der Waals surface area contributed by atoms with E-state index in [2.05, 4.69) is 44.5 Å². The number of piperidine rings is 1. The van der Waals surface area contributed by atoms with Crippen LogP contribution in [0.5, 0.6) is 0 Å². The zero-order valence-corrected chi connectivity index (χ0v) is 16.4. The van der Waals surface area contributed by atoms with E-state index in [4.69, 9.17) is 0 Å². The number of anilines is 1. The van der Waals surface area contributed by atoms with Crippen LogP contribution in [0.4, 0.5) is 19.1 Å². The molecule has 0 radical (unpaired) electrons. The Bertz CT molecular complexity index is 950. The largest absolute Gasteiger partial charge is 0.416 e. The summed E-state index contributed by atoms with van der Waals surface area (Å²) in [5.41, 5.74) is 1.88. The number of halogens is 3. The highest BCUT2D eigenvalue weighted by Crippen LogP contribution is 2.30. The molecule has 0 unspecified atom stereocenters. The van der Waals surface area contributed by atoms with Crippen molar-refractivity contribution < 1.29 is 13.2 Å². The average molecular weight is 412 g/mol. The number of hydrogen-bond donors (Lipinski definition) is 1. The Labute approximate surface area is 173 Å². The molecule has 0 spiro atoms. The topological polar surface area (TPSA) is 41.1 Å². The van der Waals surface area contributed by atoms with E-state index in [1.54, 1.807) is 12.3 Å². The Morgan fingerprint density at radius 3 is 2.30 bits per heavy atom. The van der Waals surface area contributed by atoms with Gasteiger partial charge < -0.3 is 5.32 Å². The highest BCUT2D eigenvalue weighted by atomic mass is 19.4. The first-order valence-corrected chi connectivity index (χ1v) is 10.0. The summed E-state index contributed by atoms with van der Waals surface area (Å²) in [5, 5.41) is 3.38. The Kier molecular flexibility index (Phi) is 5.99. The van der Waals surface area contributed by atoms with E-state index in [0.29, 0.717) is 17.2 Å². The molecule has 0 amide bonds. The summed E-state index contributed by atoms with van der Waals surface area (Å²) in [6, 6.07) is 17.5. The molecule has 30 heavy (non-hydrogen) atoms. The third-order valence-electron chi connectivity index (χ3n) is 5.33. The molecule has 2 aromatic carbocycles. The van der Waals surface area contributed by atoms with Gasteiger partial charge in [0.25, 0.3) is 0 Å². The molecule has 0 saturated carbocycles. The van der Waals surface area contributed by atoms with Crippen LogP contribution < -0.4 is 5.32 Å². The smallest absolute Gasteiger partial charge is 0.351 e. The van der Waals surface area contributed by atoms with Gasteiger partial charge in [-0.25, -0.2) is 9.97 Å². The minimum absolute atomic E-state index is 0.278. The van der Waals surface area contributed by atoms with Gasteiger partial charge in [-0.3, -0.25) is 4.90 Å². The molecule has 0 bridgehead atoms. The number of hydrogen-bond acceptors (Lipinski definition) is 4. The van der Waals surface area contributed by atoms with Crippen molar-refractivity contribution in [2.24, 2.45) is 0 Å². The molecule has 0 atom stereocenters. The molecule has 156 valence electrons. The summed E-state index contributed by atoms with van der Waals surface area (Å²) in [6.07, 6.45) is -0.736. The monoisotopic (exact) mass is 412 g/mol. The van der Waals surface area contributed by atoms with Gasteiger partial charge in [0, 0.05) is 37.4 Å². The number of aromatic nitrogens is 2. The van der Waals surface area contributed by atoms with Gasteiger partial charge in [0.1, 0.15) is 0 Å². The quantitative estimate of drug-likeness (QED) is 0.622. The van der Waals surface area contributed by atoms with Crippen LogP contribution in [0.1, 0.15) is 24.0 Å². The van der Waals surface area contributed by atoms with Crippen molar-refractivity contribution in [3.63, 3.8) is 0 Å². The van der Waals surface area contributed by atoms with E-state index in [1.165, 1.54) is 17.7 Å². The van der Waals surface area contributed by atoms with Crippen LogP contribution in [0.3, 0.4) is 0 Å². The molecular formula is C23H23F3N4. The first-order valence-electron chi connectivity index (χ1n) is 10.0. The predicted octanol–water partition coefficient (Wildman–Crippen LogP) is 5.24. The second-order valence-corrected chi connectivity index (χ2v) is 7.52. The van der Waals surface area contributed by atoms with Gasteiger partial charge >= 0.3 is 6.18 Å². The van der Waals surface area contributed by atoms with Crippen molar-refractivity contribution >= 4 is 5.95 Å². The molecule has 7 heteroatoms. The van der Waals surface area contributed by atoms with Gasteiger partial charge in [-0.15, -0.1) is 0 Å². The fourth-order valence-electron chi connectivity index (χ4n) is 3.68. The van der Waals surface area contributed by atoms with Gasteiger partial charge in [-0.1, -0.05) is 42.5 Å². The molecule has 1 aliphatic rings. The summed E-state index contributed by atoms with van der Waals surface area (Å²) in [7, 11) is 0. The number of nitrogens with one attached hydrogen (secondary N) is 1. The van der Waals surface area contributed by atoms with Gasteiger partial charge in [0.05, 0.1) is 11.3 Å². The Morgan fingerprint density at radius 1 is 0.933 bits per heavy atom. The molecule has 1 N–H and O–H groups in total. The van der Waals surface area contributed by atoms with E-state index in [0.717, 1.165) is 44.6 Å². The maximum atomic E-state index is 12.8. The molecule has 1 aromatic heterocycles. The maximum Gasteiger partial charge on any atom is 0.416 e. The molecule has 1 fully saturated rings. The highest BCUT2D eigenvalue weighted by Gasteiger charge is 2.30. The molecule has 3 aromatic rings. The lowest BCUT2D eigenvalue weighted by Gasteiger charge is -2.32. The molecule has 1 aliphatic heterocycles. The van der Waals surface area contributed by atoms with Crippen molar-refractivity contribution in [3.05, 3.63) is 78.0 Å². The highest BCUT2D eigenvalue weighted by molar-refractivity contribution is 5.60. The minimum Gasteiger partial charge on any atom is -0.351 e. The number of nitrogens with zero attached hydrogens (tertiary/aromatic N) is 3. The van der Waals surface area contributed by atoms with Crippen molar-refractivity contribution in [1.29, 1.82) is 0 Å². The number of likely N-dealkylation sites (tertiary alicyclic amines) is 1. The summed E-state index contributed by atoms with van der Waals surface area (Å²) in [6.45, 7) is 2.93. The zero-order valence-electron chi connectivity index (χ0n) is 16.4. The van der Waals surface area contributed by atoms with Crippen LogP contribution in [0.2, 0.25) is 0 Å². The first kappa shape index (κ1) is 20.3. The second-order valence-electron chi connectivity index (χ2n) is 7.52. The second kappa shape index (κ2) is 8.83. The van der Waals surface area contributed by atoms with Crippen LogP contribution >= 0.6 is 0 Å². The Hall–Kier alpha value is -2.93. The van der Waals surface area contributed by atoms with Crippen LogP contribution in [-0.2, 0) is 12.7 Å². The first-order chi connectivity index (χ1) is 14.5. The van der Waals surface area contributed by atoms with E-state index in [1.807, 2.05) is 6.07 Å². The fourth-order valence-corrected chi connectivity index (χ4v) is 3.68. The van der Waals surface area contributed by atoms with E-state index >= 15 is 0 Å². The van der Waals surface area contributed by atoms with Crippen molar-refractivity contribution in [1.82, 2.24) is 14.9 Å². The van der Waals surface area contributed by atoms with E-state index < -0.39 is 11.7 Å². The zero-order chi connectivity index (χ0) is 21.0. The third kappa shape index (κ3) is 5.16. The molecule has 4 rings (SSSR count). The van der Waals surface area contributed by atoms with Crippen molar-refractivity contribution in [2.45, 2.75) is 31.6 Å². The van der Waals surface area contributed by atoms with Gasteiger partial charge in [0.2, 0.25) is 5.95 Å². The number of alkyl halides is 3. The predicted molar refractivity (Wildman–Crippen MR) is 111 cm³/mol. The van der Waals surface area contributed by atoms with Crippen LogP contribution in [0.15, 0.2) is 66.9 Å². The van der Waals surface area contributed by atoms with Gasteiger partial charge in [0.15, 0.2) is 0 Å². The van der Waals surface area contributed by atoms with Crippen LogP contribution in [0, 0.1) is 0 Å². The van der Waals surface area contributed by atoms with Gasteiger partial charge in [-0.2, -0.15) is 13.2 Å². The summed E-state index contributed by atoms with van der Waals surface area (Å²) in [4.78, 5) is 11.2. The van der Waals surface area contributed by atoms with Crippen molar-refractivity contribution in [3.8, 4) is 11.3 Å². The number of rotatable bonds is 5. The number of benzene rings is 2. The maximum absolute atomic E-state index is 12.8. The Morgan fingerprint density at radius 2 is 1.63 bits per heavy atom. The molecule has 4 nitrogen and oxygen atoms in total. The normalized spacial score (nSPS) is 15.8. The Balaban J connectivity index is 1.35. The fraction of sp³-hybridized carbons (Fsp3) is 0.304. The summed E-state index contributed by atoms with van der Waals surface area (Å²) < 4.78 is 38.3. The summed E-state index contributed by atoms with van der Waals surface area (Å²) in [5.74, 6) is 0.508. The standard InChI is InChI=1S/C23H23F3N4/c24-23(25,26)19-8-6-18(7-9-19)21-10-13-27-22(29-21)28-20-11-14-30(15-12-20)16-17-4-2-1-3-5-17/h1-10,13,20H,11-12,14-16H2,(H,27,28,29). The molecule has 2 heterocycles. The summed E-state index contributed by atoms with van der Waals surface area (Å²) >= 11 is 0. The molecule has 0 aliphatic carbocycles. The lowest BCUT2D eigenvalue weighted by Crippen LogP contribution is -2.38. The SMILES string of the molecule is FC(F)(F)c1ccc(-c2ccnc(NC3CCN(Cc4ccccc4)CC3)n2)cc1. The van der Waals surface area contributed by atoms with Crippen LogP contribution in [0.25, 0.3) is 11.3 Å². The van der Waals surface area contributed by atoms with Crippen molar-refractivity contribution in [2.75, 3.05) is 18.4 Å². The lowest BCUT2D eigenvalue weighted by molar-refractivity contribution is -0.137. The minimum atomic E-state index is -4.34. The molecular weight excluding hydrogens is 389 g/mol.